The second kappa shape index (κ2) is 7.85. The predicted molar refractivity (Wildman–Crippen MR) is 88.8 cm³/mol. The van der Waals surface area contributed by atoms with E-state index in [0.717, 1.165) is 10.6 Å². The van der Waals surface area contributed by atoms with Crippen LogP contribution in [-0.2, 0) is 10.9 Å². The van der Waals surface area contributed by atoms with Gasteiger partial charge in [-0.2, -0.15) is 0 Å². The van der Waals surface area contributed by atoms with Crippen molar-refractivity contribution in [2.24, 2.45) is 0 Å². The number of benzene rings is 1. The molecule has 14 heteroatoms. The van der Waals surface area contributed by atoms with Gasteiger partial charge < -0.3 is 4.74 Å². The maximum Gasteiger partial charge on any atom is 0.446 e. The molecule has 0 amide bonds. The Morgan fingerprint density at radius 2 is 2.15 bits per heavy atom. The summed E-state index contributed by atoms with van der Waals surface area (Å²) < 4.78 is 52.4. The van der Waals surface area contributed by atoms with Crippen molar-refractivity contribution < 1.29 is 26.7 Å². The van der Waals surface area contributed by atoms with Crippen LogP contribution in [0.3, 0.4) is 0 Å². The van der Waals surface area contributed by atoms with Gasteiger partial charge in [0.25, 0.3) is 5.88 Å². The first-order chi connectivity index (χ1) is 12.9. The summed E-state index contributed by atoms with van der Waals surface area (Å²) in [7, 11) is -2.79. The van der Waals surface area contributed by atoms with Crippen molar-refractivity contribution in [3.8, 4) is 23.1 Å². The van der Waals surface area contributed by atoms with Crippen LogP contribution in [0, 0.1) is 5.82 Å². The van der Waals surface area contributed by atoms with E-state index in [4.69, 9.17) is 16.3 Å². The Labute approximate surface area is 156 Å². The molecule has 2 heterocycles. The van der Waals surface area contributed by atoms with Crippen molar-refractivity contribution >= 4 is 22.5 Å². The van der Waals surface area contributed by atoms with Gasteiger partial charge in [0.15, 0.2) is 0 Å². The third-order valence-electron chi connectivity index (χ3n) is 3.26. The summed E-state index contributed by atoms with van der Waals surface area (Å²) in [5, 5.41) is 10.6. The summed E-state index contributed by atoms with van der Waals surface area (Å²) in [6.45, 7) is 1.53. The minimum absolute atomic E-state index is 0.0375. The van der Waals surface area contributed by atoms with E-state index in [-0.39, 0.29) is 34.7 Å². The van der Waals surface area contributed by atoms with Crippen molar-refractivity contribution in [2.45, 2.75) is 13.0 Å². The summed E-state index contributed by atoms with van der Waals surface area (Å²) >= 11 is 5.75. The summed E-state index contributed by atoms with van der Waals surface area (Å²) in [4.78, 5) is 12.0. The molecule has 0 saturated carbocycles. The summed E-state index contributed by atoms with van der Waals surface area (Å²) in [5.74, 6) is -1.84. The van der Waals surface area contributed by atoms with Crippen LogP contribution in [0.25, 0.3) is 17.2 Å². The average Bonchev–Trinajstić information content (AvgIpc) is 3.21. The Bertz CT molecular complexity index is 1090. The minimum Gasteiger partial charge on any atom is -0.469 e. The monoisotopic (exact) mass is 419 g/mol. The number of hydrogen-bond acceptors (Lipinski definition) is 9. The fraction of sp³-hybridized carbons (Fsp3) is 0.231. The Morgan fingerprint density at radius 3 is 2.85 bits per heavy atom. The molecule has 0 bridgehead atoms. The molecule has 0 radical (unpaired) electrons. The van der Waals surface area contributed by atoms with Gasteiger partial charge in [0.05, 0.1) is 10.7 Å². The number of thiol groups is 1. The fourth-order valence-electron chi connectivity index (χ4n) is 2.08. The summed E-state index contributed by atoms with van der Waals surface area (Å²) in [5.41, 5.74) is 0.0781. The van der Waals surface area contributed by atoms with Gasteiger partial charge in [-0.25, -0.2) is 31.5 Å². The molecule has 11 nitrogen and oxygen atoms in total. The highest BCUT2D eigenvalue weighted by atomic mass is 35.5. The predicted octanol–water partition coefficient (Wildman–Crippen LogP) is 0.551. The van der Waals surface area contributed by atoms with Gasteiger partial charge in [-0.05, 0) is 35.4 Å². The van der Waals surface area contributed by atoms with E-state index in [1.807, 2.05) is 0 Å². The van der Waals surface area contributed by atoms with Gasteiger partial charge in [0.1, 0.15) is 11.9 Å². The average molecular weight is 420 g/mol. The van der Waals surface area contributed by atoms with Crippen molar-refractivity contribution in [1.82, 2.24) is 24.8 Å². The lowest BCUT2D eigenvalue weighted by Crippen LogP contribution is -2.28. The van der Waals surface area contributed by atoms with Gasteiger partial charge >= 0.3 is 5.76 Å². The van der Waals surface area contributed by atoms with E-state index in [1.165, 1.54) is 12.1 Å². The molecular formula is C13H11ClFN5O6S. The number of halogens is 2. The fourth-order valence-corrected chi connectivity index (χ4v) is 2.66. The second-order valence-electron chi connectivity index (χ2n) is 5.17. The number of rotatable bonds is 7. The maximum absolute atomic E-state index is 13.4. The molecule has 1 atom stereocenters. The van der Waals surface area contributed by atoms with Crippen molar-refractivity contribution in [1.29, 1.82) is 0 Å². The van der Waals surface area contributed by atoms with Crippen LogP contribution in [0.2, 0.25) is 5.02 Å². The molecule has 1 unspecified atom stereocenters. The molecule has 144 valence electrons. The maximum atomic E-state index is 13.4. The normalized spacial score (nSPS) is 12.4. The number of ether oxygens (including phenoxy) is 1. The van der Waals surface area contributed by atoms with Gasteiger partial charge in [-0.3, -0.25) is 4.52 Å². The zero-order valence-electron chi connectivity index (χ0n) is 13.5. The molecule has 0 aliphatic rings. The van der Waals surface area contributed by atoms with Crippen LogP contribution < -0.4 is 15.2 Å². The lowest BCUT2D eigenvalue weighted by molar-refractivity contribution is 0.198. The van der Waals surface area contributed by atoms with Crippen LogP contribution in [0.15, 0.2) is 32.1 Å². The highest BCUT2D eigenvalue weighted by Gasteiger charge is 2.25. The molecule has 1 aromatic carbocycles. The number of aromatic nitrogens is 4. The third kappa shape index (κ3) is 4.15. The molecular weight excluding hydrogens is 409 g/mol. The molecule has 27 heavy (non-hydrogen) atoms. The number of nitrogens with one attached hydrogen (secondary N) is 1. The van der Waals surface area contributed by atoms with E-state index in [1.54, 1.807) is 6.92 Å². The Balaban J connectivity index is 1.96. The Hall–Kier alpha value is -2.77. The number of nitrogens with zero attached hydrogens (tertiary/aromatic N) is 4. The van der Waals surface area contributed by atoms with E-state index in [2.05, 4.69) is 29.3 Å². The standard InChI is InChI=1S/C13H11ClFN5O6S/c1-6(5-16-27(22)23)24-12-10(17-26-19-12)11-18-25-13(21)20(11)7-2-3-9(15)8(14)4-7/h2-4,6,27H,5H2,1H3,(H,16,22,23). The van der Waals surface area contributed by atoms with Crippen LogP contribution >= 0.6 is 11.6 Å². The lowest BCUT2D eigenvalue weighted by Gasteiger charge is -2.11. The summed E-state index contributed by atoms with van der Waals surface area (Å²) in [6.07, 6.45) is -0.643. The molecule has 0 spiro atoms. The van der Waals surface area contributed by atoms with E-state index >= 15 is 0 Å². The van der Waals surface area contributed by atoms with Crippen LogP contribution in [-0.4, -0.2) is 41.1 Å². The largest absolute Gasteiger partial charge is 0.469 e. The van der Waals surface area contributed by atoms with E-state index in [9.17, 15) is 17.6 Å². The smallest absolute Gasteiger partial charge is 0.446 e. The molecule has 0 aliphatic heterocycles. The molecule has 1 N–H and O–H groups in total. The van der Waals surface area contributed by atoms with Gasteiger partial charge in [0, 0.05) is 6.54 Å². The minimum atomic E-state index is -2.79. The molecule has 0 saturated heterocycles. The van der Waals surface area contributed by atoms with Gasteiger partial charge in [-0.1, -0.05) is 16.8 Å². The van der Waals surface area contributed by atoms with Crippen LogP contribution in [0.5, 0.6) is 5.88 Å². The Kier molecular flexibility index (Phi) is 5.53. The Morgan fingerprint density at radius 1 is 1.37 bits per heavy atom. The van der Waals surface area contributed by atoms with Crippen molar-refractivity contribution in [3.05, 3.63) is 39.6 Å². The molecule has 0 aliphatic carbocycles. The number of hydrogen-bond donors (Lipinski definition) is 2. The first-order valence-electron chi connectivity index (χ1n) is 7.28. The summed E-state index contributed by atoms with van der Waals surface area (Å²) in [6, 6.07) is 3.55. The van der Waals surface area contributed by atoms with Crippen molar-refractivity contribution in [3.63, 3.8) is 0 Å². The molecule has 0 fully saturated rings. The topological polar surface area (TPSA) is 142 Å². The highest BCUT2D eigenvalue weighted by Crippen LogP contribution is 2.27. The van der Waals surface area contributed by atoms with E-state index in [0.29, 0.717) is 0 Å². The van der Waals surface area contributed by atoms with Gasteiger partial charge in [-0.15, -0.1) is 0 Å². The quantitative estimate of drug-likeness (QED) is 0.525. The first-order valence-corrected chi connectivity index (χ1v) is 8.84. The van der Waals surface area contributed by atoms with Gasteiger partial charge in [0.2, 0.25) is 22.4 Å². The van der Waals surface area contributed by atoms with Crippen molar-refractivity contribution in [2.75, 3.05) is 6.54 Å². The SMILES string of the molecule is CC(CN[SH](=O)=O)Oc1nonc1-c1noc(=O)n1-c1ccc(F)c(Cl)c1. The first kappa shape index (κ1) is 19.0. The zero-order chi connectivity index (χ0) is 19.6. The third-order valence-corrected chi connectivity index (χ3v) is 3.99. The molecule has 3 aromatic rings. The highest BCUT2D eigenvalue weighted by molar-refractivity contribution is 7.70. The molecule has 2 aromatic heterocycles. The lowest BCUT2D eigenvalue weighted by atomic mass is 10.3. The zero-order valence-corrected chi connectivity index (χ0v) is 15.1. The van der Waals surface area contributed by atoms with Crippen LogP contribution in [0.1, 0.15) is 6.92 Å². The molecule has 3 rings (SSSR count). The van der Waals surface area contributed by atoms with E-state index < -0.39 is 28.6 Å². The van der Waals surface area contributed by atoms with Crippen LogP contribution in [0.4, 0.5) is 4.39 Å². The second-order valence-corrected chi connectivity index (χ2v) is 6.41.